The lowest BCUT2D eigenvalue weighted by atomic mass is 10.1. The monoisotopic (exact) mass is 455 g/mol. The number of thiazole rings is 1. The number of rotatable bonds is 7. The van der Waals surface area contributed by atoms with Crippen LogP contribution in [0.5, 0.6) is 0 Å². The summed E-state index contributed by atoms with van der Waals surface area (Å²) >= 11 is 1.28. The Hall–Kier alpha value is -3.27. The molecule has 1 aromatic carbocycles. The Morgan fingerprint density at radius 1 is 1.09 bits per heavy atom. The van der Waals surface area contributed by atoms with E-state index in [0.29, 0.717) is 27.5 Å². The van der Waals surface area contributed by atoms with Gasteiger partial charge in [0.15, 0.2) is 16.6 Å². The molecule has 3 heterocycles. The molecule has 3 aromatic rings. The van der Waals surface area contributed by atoms with Crippen molar-refractivity contribution in [1.82, 2.24) is 14.1 Å². The molecular weight excluding hydrogens is 430 g/mol. The van der Waals surface area contributed by atoms with Gasteiger partial charge in [-0.3, -0.25) is 23.5 Å². The van der Waals surface area contributed by atoms with E-state index in [1.165, 1.54) is 27.4 Å². The first-order chi connectivity index (χ1) is 15.4. The van der Waals surface area contributed by atoms with Gasteiger partial charge in [0.05, 0.1) is 0 Å². The highest BCUT2D eigenvalue weighted by molar-refractivity contribution is 7.22. The lowest BCUT2D eigenvalue weighted by Gasteiger charge is -2.12. The van der Waals surface area contributed by atoms with E-state index >= 15 is 0 Å². The number of anilines is 2. The second-order valence-corrected chi connectivity index (χ2v) is 8.83. The predicted molar refractivity (Wildman–Crippen MR) is 125 cm³/mol. The lowest BCUT2D eigenvalue weighted by Crippen LogP contribution is -2.41. The zero-order valence-electron chi connectivity index (χ0n) is 18.1. The number of Topliss-reactive ketones (excluding diaryl/α,β-unsaturated/α-hetero) is 1. The Bertz CT molecular complexity index is 1280. The summed E-state index contributed by atoms with van der Waals surface area (Å²) in [6.45, 7) is 5.10. The molecule has 1 amide bonds. The van der Waals surface area contributed by atoms with Crippen LogP contribution in [0.15, 0.2) is 33.9 Å². The largest absolute Gasteiger partial charge is 0.348 e. The molecular formula is C22H25N5O4S. The van der Waals surface area contributed by atoms with Crippen molar-refractivity contribution in [3.05, 3.63) is 50.7 Å². The Morgan fingerprint density at radius 3 is 2.41 bits per heavy atom. The number of benzene rings is 1. The molecule has 0 bridgehead atoms. The molecule has 2 aromatic heterocycles. The van der Waals surface area contributed by atoms with Crippen LogP contribution in [0, 0.1) is 0 Å². The number of aromatic nitrogens is 3. The number of amides is 1. The average Bonchev–Trinajstić information content (AvgIpc) is 3.44. The van der Waals surface area contributed by atoms with Gasteiger partial charge in [0.1, 0.15) is 11.2 Å². The van der Waals surface area contributed by atoms with Gasteiger partial charge in [-0.15, -0.1) is 0 Å². The third-order valence-electron chi connectivity index (χ3n) is 5.46. The zero-order valence-corrected chi connectivity index (χ0v) is 18.9. The van der Waals surface area contributed by atoms with Crippen molar-refractivity contribution in [2.75, 3.05) is 23.3 Å². The lowest BCUT2D eigenvalue weighted by molar-refractivity contribution is -0.116. The summed E-state index contributed by atoms with van der Waals surface area (Å²) in [5.74, 6) is -0.478. The minimum Gasteiger partial charge on any atom is -0.348 e. The van der Waals surface area contributed by atoms with Crippen molar-refractivity contribution in [1.29, 1.82) is 0 Å². The molecule has 0 atom stereocenters. The summed E-state index contributed by atoms with van der Waals surface area (Å²) < 4.78 is 2.85. The first-order valence-electron chi connectivity index (χ1n) is 10.7. The number of nitrogens with one attached hydrogen (secondary N) is 1. The van der Waals surface area contributed by atoms with Gasteiger partial charge in [-0.1, -0.05) is 18.3 Å². The van der Waals surface area contributed by atoms with Gasteiger partial charge in [-0.05, 0) is 50.5 Å². The second kappa shape index (κ2) is 9.07. The van der Waals surface area contributed by atoms with Gasteiger partial charge in [0.2, 0.25) is 5.91 Å². The highest BCUT2D eigenvalue weighted by Crippen LogP contribution is 2.28. The van der Waals surface area contributed by atoms with E-state index in [2.05, 4.69) is 15.2 Å². The number of nitrogens with zero attached hydrogens (tertiary/aromatic N) is 4. The molecule has 168 valence electrons. The maximum absolute atomic E-state index is 13.1. The maximum atomic E-state index is 13.1. The molecule has 0 spiro atoms. The molecule has 0 saturated carbocycles. The summed E-state index contributed by atoms with van der Waals surface area (Å²) in [6, 6.07) is 6.54. The number of carbonyl (C=O) groups excluding carboxylic acids is 2. The fourth-order valence-corrected chi connectivity index (χ4v) is 4.88. The van der Waals surface area contributed by atoms with Crippen molar-refractivity contribution in [2.24, 2.45) is 0 Å². The van der Waals surface area contributed by atoms with Crippen LogP contribution in [0.4, 0.5) is 10.8 Å². The highest BCUT2D eigenvalue weighted by atomic mass is 32.1. The van der Waals surface area contributed by atoms with Crippen molar-refractivity contribution in [2.45, 2.75) is 46.2 Å². The van der Waals surface area contributed by atoms with Gasteiger partial charge < -0.3 is 10.2 Å². The summed E-state index contributed by atoms with van der Waals surface area (Å²) in [6.07, 6.45) is 2.74. The summed E-state index contributed by atoms with van der Waals surface area (Å²) in [7, 11) is 0. The minimum absolute atomic E-state index is 0.0626. The first kappa shape index (κ1) is 21.9. The van der Waals surface area contributed by atoms with E-state index < -0.39 is 11.6 Å². The molecule has 0 radical (unpaired) electrons. The summed E-state index contributed by atoms with van der Waals surface area (Å²) in [5, 5.41) is 3.45. The minimum atomic E-state index is -0.537. The number of ketones is 1. The summed E-state index contributed by atoms with van der Waals surface area (Å²) in [5.41, 5.74) is 0.420. The average molecular weight is 456 g/mol. The van der Waals surface area contributed by atoms with Crippen LogP contribution < -0.4 is 21.5 Å². The molecule has 1 aliphatic rings. The Morgan fingerprint density at radius 2 is 1.78 bits per heavy atom. The maximum Gasteiger partial charge on any atom is 0.333 e. The number of fused-ring (bicyclic) bond motifs is 1. The third kappa shape index (κ3) is 4.22. The van der Waals surface area contributed by atoms with Gasteiger partial charge in [0, 0.05) is 30.9 Å². The van der Waals surface area contributed by atoms with Crippen LogP contribution >= 0.6 is 11.3 Å². The Labute approximate surface area is 188 Å². The van der Waals surface area contributed by atoms with Gasteiger partial charge in [-0.2, -0.15) is 0 Å². The van der Waals surface area contributed by atoms with Crippen LogP contribution in [0.2, 0.25) is 0 Å². The number of carbonyl (C=O) groups is 2. The Kier molecular flexibility index (Phi) is 6.22. The molecule has 1 aliphatic heterocycles. The van der Waals surface area contributed by atoms with Crippen LogP contribution in [0.1, 0.15) is 43.5 Å². The van der Waals surface area contributed by atoms with Crippen LogP contribution in [-0.4, -0.2) is 38.9 Å². The Balaban J connectivity index is 1.69. The smallest absolute Gasteiger partial charge is 0.333 e. The summed E-state index contributed by atoms with van der Waals surface area (Å²) in [4.78, 5) is 56.9. The molecule has 10 heteroatoms. The normalized spacial score (nSPS) is 13.6. The predicted octanol–water partition coefficient (Wildman–Crippen LogP) is 2.47. The molecule has 1 fully saturated rings. The molecule has 9 nitrogen and oxygen atoms in total. The van der Waals surface area contributed by atoms with E-state index in [1.807, 2.05) is 6.92 Å². The fourth-order valence-electron chi connectivity index (χ4n) is 3.81. The van der Waals surface area contributed by atoms with Crippen molar-refractivity contribution in [3.63, 3.8) is 0 Å². The molecule has 1 saturated heterocycles. The van der Waals surface area contributed by atoms with E-state index in [4.69, 9.17) is 0 Å². The van der Waals surface area contributed by atoms with E-state index in [-0.39, 0.29) is 30.1 Å². The first-order valence-corrected chi connectivity index (χ1v) is 11.5. The molecule has 4 rings (SSSR count). The second-order valence-electron chi connectivity index (χ2n) is 7.85. The van der Waals surface area contributed by atoms with Crippen LogP contribution in [0.25, 0.3) is 10.3 Å². The number of hydrogen-bond donors (Lipinski definition) is 1. The van der Waals surface area contributed by atoms with E-state index in [9.17, 15) is 19.2 Å². The van der Waals surface area contributed by atoms with Crippen molar-refractivity contribution in [3.8, 4) is 0 Å². The third-order valence-corrected chi connectivity index (χ3v) is 6.55. The molecule has 32 heavy (non-hydrogen) atoms. The molecule has 0 aliphatic carbocycles. The molecule has 1 N–H and O–H groups in total. The van der Waals surface area contributed by atoms with Crippen molar-refractivity contribution >= 4 is 44.2 Å². The van der Waals surface area contributed by atoms with Crippen molar-refractivity contribution < 1.29 is 9.59 Å². The fraction of sp³-hybridized carbons (Fsp3) is 0.409. The molecule has 0 unspecified atom stereocenters. The van der Waals surface area contributed by atoms with Crippen LogP contribution in [0.3, 0.4) is 0 Å². The van der Waals surface area contributed by atoms with Gasteiger partial charge in [-0.25, -0.2) is 9.78 Å². The van der Waals surface area contributed by atoms with E-state index in [1.54, 1.807) is 24.3 Å². The highest BCUT2D eigenvalue weighted by Gasteiger charge is 2.23. The quantitative estimate of drug-likeness (QED) is 0.549. The standard InChI is InChI=1S/C22H25N5O4S/c1-3-10-26-20(30)18-19(24-21(32-18)25-11-4-5-12-25)27(22(26)31)13-17(29)23-16-8-6-15(7-9-16)14(2)28/h6-9H,3-5,10-13H2,1-2H3,(H,23,29). The van der Waals surface area contributed by atoms with E-state index in [0.717, 1.165) is 25.9 Å². The zero-order chi connectivity index (χ0) is 22.8. The van der Waals surface area contributed by atoms with Gasteiger partial charge >= 0.3 is 5.69 Å². The topological polar surface area (TPSA) is 106 Å². The SMILES string of the molecule is CCCn1c(=O)c2sc(N3CCCC3)nc2n(CC(=O)Nc2ccc(C(C)=O)cc2)c1=O. The van der Waals surface area contributed by atoms with Gasteiger partial charge in [0.25, 0.3) is 5.56 Å². The van der Waals surface area contributed by atoms with Crippen LogP contribution in [-0.2, 0) is 17.9 Å². The number of hydrogen-bond acceptors (Lipinski definition) is 7.